The molecule has 2 fully saturated rings. The highest BCUT2D eigenvalue weighted by Crippen LogP contribution is 2.32. The Morgan fingerprint density at radius 2 is 2.08 bits per heavy atom. The van der Waals surface area contributed by atoms with Gasteiger partial charge in [0.2, 0.25) is 5.91 Å². The molecule has 1 heterocycles. The van der Waals surface area contributed by atoms with Gasteiger partial charge in [0.25, 0.3) is 0 Å². The third kappa shape index (κ3) is 3.09. The molecule has 0 radical (unpaired) electrons. The van der Waals surface area contributed by atoms with Crippen molar-refractivity contribution in [3.05, 3.63) is 34.9 Å². The fourth-order valence-electron chi connectivity index (χ4n) is 4.72. The second-order valence-corrected chi connectivity index (χ2v) is 7.52. The molecule has 4 nitrogen and oxygen atoms in total. The predicted octanol–water partition coefficient (Wildman–Crippen LogP) is 2.11. The van der Waals surface area contributed by atoms with Crippen LogP contribution in [0.3, 0.4) is 0 Å². The highest BCUT2D eigenvalue weighted by molar-refractivity contribution is 5.79. The van der Waals surface area contributed by atoms with E-state index in [2.05, 4.69) is 18.2 Å². The van der Waals surface area contributed by atoms with Gasteiger partial charge in [0.15, 0.2) is 0 Å². The molecule has 1 aromatic rings. The van der Waals surface area contributed by atoms with Crippen molar-refractivity contribution in [2.75, 3.05) is 19.8 Å². The summed E-state index contributed by atoms with van der Waals surface area (Å²) in [5.74, 6) is 0.356. The highest BCUT2D eigenvalue weighted by atomic mass is 16.5. The molecule has 4 heteroatoms. The summed E-state index contributed by atoms with van der Waals surface area (Å²) in [7, 11) is 0. The molecule has 0 aromatic heterocycles. The molecule has 24 heavy (non-hydrogen) atoms. The van der Waals surface area contributed by atoms with Crippen molar-refractivity contribution < 1.29 is 14.6 Å². The summed E-state index contributed by atoms with van der Waals surface area (Å²) in [6.45, 7) is 1.82. The number of benzene rings is 1. The summed E-state index contributed by atoms with van der Waals surface area (Å²) in [5.41, 5.74) is 3.99. The largest absolute Gasteiger partial charge is 0.393 e. The standard InChI is InChI=1S/C20H27NO3/c22-19-6-2-5-17(19)18-13-24-10-9-21(18)20(23)12-14-7-8-15-3-1-4-16(15)11-14/h7-8,11,17-19,22H,1-6,9-10,12-13H2/t17-,18-,19-/m1/s1. The molecule has 1 aromatic carbocycles. The van der Waals surface area contributed by atoms with Gasteiger partial charge < -0.3 is 14.7 Å². The van der Waals surface area contributed by atoms with Crippen molar-refractivity contribution in [1.82, 2.24) is 4.90 Å². The molecule has 1 saturated carbocycles. The van der Waals surface area contributed by atoms with Gasteiger partial charge >= 0.3 is 0 Å². The van der Waals surface area contributed by atoms with Gasteiger partial charge in [-0.3, -0.25) is 4.79 Å². The zero-order valence-electron chi connectivity index (χ0n) is 14.2. The fourth-order valence-corrected chi connectivity index (χ4v) is 4.72. The number of amides is 1. The molecule has 1 N–H and O–H groups in total. The molecule has 1 aliphatic heterocycles. The topological polar surface area (TPSA) is 49.8 Å². The summed E-state index contributed by atoms with van der Waals surface area (Å²) in [4.78, 5) is 14.9. The Bertz CT molecular complexity index is 615. The number of aliphatic hydroxyl groups excluding tert-OH is 1. The van der Waals surface area contributed by atoms with E-state index >= 15 is 0 Å². The lowest BCUT2D eigenvalue weighted by molar-refractivity contribution is -0.143. The van der Waals surface area contributed by atoms with E-state index in [-0.39, 0.29) is 24.0 Å². The number of morpholine rings is 1. The number of hydrogen-bond acceptors (Lipinski definition) is 3. The number of aryl methyl sites for hydroxylation is 2. The van der Waals surface area contributed by atoms with E-state index in [4.69, 9.17) is 4.74 Å². The van der Waals surface area contributed by atoms with Gasteiger partial charge in [-0.05, 0) is 48.8 Å². The smallest absolute Gasteiger partial charge is 0.227 e. The summed E-state index contributed by atoms with van der Waals surface area (Å²) < 4.78 is 5.63. The van der Waals surface area contributed by atoms with Gasteiger partial charge in [0.05, 0.1) is 31.8 Å². The van der Waals surface area contributed by atoms with Crippen molar-refractivity contribution in [1.29, 1.82) is 0 Å². The number of rotatable bonds is 3. The number of carbonyl (C=O) groups excluding carboxylic acids is 1. The molecule has 130 valence electrons. The highest BCUT2D eigenvalue weighted by Gasteiger charge is 2.39. The lowest BCUT2D eigenvalue weighted by Gasteiger charge is -2.40. The lowest BCUT2D eigenvalue weighted by atomic mass is 9.93. The maximum Gasteiger partial charge on any atom is 0.227 e. The van der Waals surface area contributed by atoms with Crippen molar-refractivity contribution in [2.24, 2.45) is 5.92 Å². The Kier molecular flexibility index (Phi) is 4.59. The average molecular weight is 329 g/mol. The predicted molar refractivity (Wildman–Crippen MR) is 91.8 cm³/mol. The first-order chi connectivity index (χ1) is 11.7. The molecule has 3 atom stereocenters. The zero-order valence-corrected chi connectivity index (χ0v) is 14.2. The van der Waals surface area contributed by atoms with E-state index in [0.717, 1.165) is 31.2 Å². The second kappa shape index (κ2) is 6.85. The van der Waals surface area contributed by atoms with Gasteiger partial charge in [-0.15, -0.1) is 0 Å². The molecule has 0 bridgehead atoms. The van der Waals surface area contributed by atoms with Gasteiger partial charge in [-0.1, -0.05) is 24.6 Å². The van der Waals surface area contributed by atoms with Crippen LogP contribution in [0, 0.1) is 5.92 Å². The molecular formula is C20H27NO3. The summed E-state index contributed by atoms with van der Waals surface area (Å²) in [6.07, 6.45) is 6.64. The normalized spacial score (nSPS) is 29.7. The van der Waals surface area contributed by atoms with E-state index in [1.54, 1.807) is 0 Å². The van der Waals surface area contributed by atoms with Crippen LogP contribution < -0.4 is 0 Å². The first kappa shape index (κ1) is 16.1. The number of aliphatic hydroxyl groups is 1. The minimum Gasteiger partial charge on any atom is -0.393 e. The maximum atomic E-state index is 12.9. The molecule has 1 amide bonds. The Hall–Kier alpha value is -1.39. The van der Waals surface area contributed by atoms with Crippen LogP contribution in [0.4, 0.5) is 0 Å². The van der Waals surface area contributed by atoms with E-state index in [1.165, 1.54) is 24.0 Å². The quantitative estimate of drug-likeness (QED) is 0.924. The Morgan fingerprint density at radius 1 is 1.21 bits per heavy atom. The van der Waals surface area contributed by atoms with Crippen molar-refractivity contribution in [3.63, 3.8) is 0 Å². The van der Waals surface area contributed by atoms with E-state index in [0.29, 0.717) is 26.2 Å². The van der Waals surface area contributed by atoms with Crippen LogP contribution in [0.2, 0.25) is 0 Å². The van der Waals surface area contributed by atoms with Gasteiger partial charge in [0, 0.05) is 12.5 Å². The molecular weight excluding hydrogens is 302 g/mol. The number of fused-ring (bicyclic) bond motifs is 1. The van der Waals surface area contributed by atoms with Crippen LogP contribution in [-0.2, 0) is 28.8 Å². The molecule has 0 spiro atoms. The van der Waals surface area contributed by atoms with Gasteiger partial charge in [-0.25, -0.2) is 0 Å². The first-order valence-corrected chi connectivity index (χ1v) is 9.38. The van der Waals surface area contributed by atoms with Crippen LogP contribution in [0.1, 0.15) is 42.4 Å². The minimum atomic E-state index is -0.285. The Balaban J connectivity index is 1.47. The third-order valence-electron chi connectivity index (χ3n) is 6.03. The minimum absolute atomic E-state index is 0.0400. The zero-order chi connectivity index (χ0) is 16.5. The van der Waals surface area contributed by atoms with Crippen LogP contribution in [0.15, 0.2) is 18.2 Å². The molecule has 2 aliphatic carbocycles. The van der Waals surface area contributed by atoms with Crippen molar-refractivity contribution in [3.8, 4) is 0 Å². The van der Waals surface area contributed by atoms with Crippen LogP contribution in [0.25, 0.3) is 0 Å². The summed E-state index contributed by atoms with van der Waals surface area (Å²) >= 11 is 0. The van der Waals surface area contributed by atoms with Crippen molar-refractivity contribution in [2.45, 2.75) is 57.1 Å². The number of hydrogen-bond donors (Lipinski definition) is 1. The molecule has 0 unspecified atom stereocenters. The van der Waals surface area contributed by atoms with E-state index in [1.807, 2.05) is 4.90 Å². The molecule has 1 saturated heterocycles. The molecule has 3 aliphatic rings. The SMILES string of the molecule is O=C(Cc1ccc2c(c1)CCC2)N1CCOC[C@@H]1[C@H]1CCC[C@H]1O. The maximum absolute atomic E-state index is 12.9. The van der Waals surface area contributed by atoms with Crippen LogP contribution in [-0.4, -0.2) is 47.8 Å². The average Bonchev–Trinajstić information content (AvgIpc) is 3.23. The van der Waals surface area contributed by atoms with Gasteiger partial charge in [-0.2, -0.15) is 0 Å². The lowest BCUT2D eigenvalue weighted by Crippen LogP contribution is -2.54. The number of ether oxygens (including phenoxy) is 1. The first-order valence-electron chi connectivity index (χ1n) is 9.38. The van der Waals surface area contributed by atoms with E-state index < -0.39 is 0 Å². The molecule has 4 rings (SSSR count). The fraction of sp³-hybridized carbons (Fsp3) is 0.650. The van der Waals surface area contributed by atoms with E-state index in [9.17, 15) is 9.90 Å². The van der Waals surface area contributed by atoms with Gasteiger partial charge in [0.1, 0.15) is 0 Å². The number of carbonyl (C=O) groups is 1. The summed E-state index contributed by atoms with van der Waals surface area (Å²) in [5, 5.41) is 10.2. The Labute approximate surface area is 143 Å². The van der Waals surface area contributed by atoms with Crippen molar-refractivity contribution >= 4 is 5.91 Å². The van der Waals surface area contributed by atoms with Crippen LogP contribution >= 0.6 is 0 Å². The second-order valence-electron chi connectivity index (χ2n) is 7.52. The summed E-state index contributed by atoms with van der Waals surface area (Å²) in [6, 6.07) is 6.57. The monoisotopic (exact) mass is 329 g/mol. The Morgan fingerprint density at radius 3 is 2.92 bits per heavy atom. The van der Waals surface area contributed by atoms with Crippen LogP contribution in [0.5, 0.6) is 0 Å². The third-order valence-corrected chi connectivity index (χ3v) is 6.03. The number of nitrogens with zero attached hydrogens (tertiary/aromatic N) is 1.